The van der Waals surface area contributed by atoms with E-state index in [1.54, 1.807) is 22.0 Å². The van der Waals surface area contributed by atoms with Crippen LogP contribution < -0.4 is 5.56 Å². The van der Waals surface area contributed by atoms with Crippen LogP contribution in [0.1, 0.15) is 43.0 Å². The summed E-state index contributed by atoms with van der Waals surface area (Å²) in [5.41, 5.74) is 0.953. The van der Waals surface area contributed by atoms with Gasteiger partial charge in [0, 0.05) is 24.5 Å². The van der Waals surface area contributed by atoms with Gasteiger partial charge in [0.15, 0.2) is 5.16 Å². The van der Waals surface area contributed by atoms with E-state index in [2.05, 4.69) is 6.58 Å². The molecule has 1 aliphatic heterocycles. The van der Waals surface area contributed by atoms with Crippen LogP contribution in [0, 0.1) is 13.8 Å². The zero-order valence-electron chi connectivity index (χ0n) is 16.3. The second-order valence-corrected chi connectivity index (χ2v) is 9.57. The van der Waals surface area contributed by atoms with Crippen molar-refractivity contribution in [3.05, 3.63) is 33.4 Å². The van der Waals surface area contributed by atoms with Crippen LogP contribution in [0.3, 0.4) is 0 Å². The smallest absolute Gasteiger partial charge is 0.263 e. The van der Waals surface area contributed by atoms with Crippen molar-refractivity contribution in [3.63, 3.8) is 0 Å². The van der Waals surface area contributed by atoms with E-state index in [1.807, 2.05) is 25.7 Å². The Kier molecular flexibility index (Phi) is 6.42. The summed E-state index contributed by atoms with van der Waals surface area (Å²) >= 11 is 2.92. The van der Waals surface area contributed by atoms with Gasteiger partial charge in [-0.05, 0) is 39.2 Å². The summed E-state index contributed by atoms with van der Waals surface area (Å²) in [6.07, 6.45) is 6.23. The summed E-state index contributed by atoms with van der Waals surface area (Å²) in [6, 6.07) is 0. The highest BCUT2D eigenvalue weighted by atomic mass is 32.2. The number of aromatic nitrogens is 2. The van der Waals surface area contributed by atoms with Crippen molar-refractivity contribution >= 4 is 39.2 Å². The molecular weight excluding hydrogens is 378 g/mol. The number of hydrogen-bond acceptors (Lipinski definition) is 5. The lowest BCUT2D eigenvalue weighted by atomic mass is 10.2. The molecule has 2 aromatic heterocycles. The van der Waals surface area contributed by atoms with Gasteiger partial charge in [0.2, 0.25) is 5.91 Å². The third kappa shape index (κ3) is 4.14. The maximum absolute atomic E-state index is 13.0. The van der Waals surface area contributed by atoms with Crippen LogP contribution in [0.2, 0.25) is 0 Å². The van der Waals surface area contributed by atoms with Crippen molar-refractivity contribution in [1.29, 1.82) is 0 Å². The summed E-state index contributed by atoms with van der Waals surface area (Å²) < 4.78 is 1.64. The van der Waals surface area contributed by atoms with Gasteiger partial charge in [-0.15, -0.1) is 17.9 Å². The Hall–Kier alpha value is -1.60. The van der Waals surface area contributed by atoms with Gasteiger partial charge >= 0.3 is 0 Å². The first kappa shape index (κ1) is 20.1. The zero-order chi connectivity index (χ0) is 19.6. The Labute approximate surface area is 168 Å². The Morgan fingerprint density at radius 3 is 2.59 bits per heavy atom. The van der Waals surface area contributed by atoms with E-state index in [9.17, 15) is 9.59 Å². The fraction of sp³-hybridized carbons (Fsp3) is 0.550. The van der Waals surface area contributed by atoms with Crippen LogP contribution in [0.5, 0.6) is 0 Å². The summed E-state index contributed by atoms with van der Waals surface area (Å²) in [4.78, 5) is 34.5. The lowest BCUT2D eigenvalue weighted by Crippen LogP contribution is -2.37. The first-order valence-electron chi connectivity index (χ1n) is 9.51. The molecule has 1 saturated heterocycles. The fourth-order valence-electron chi connectivity index (χ4n) is 3.45. The Balaban J connectivity index is 1.93. The van der Waals surface area contributed by atoms with Crippen LogP contribution >= 0.6 is 23.1 Å². The van der Waals surface area contributed by atoms with Gasteiger partial charge < -0.3 is 4.90 Å². The van der Waals surface area contributed by atoms with E-state index in [1.165, 1.54) is 24.6 Å². The molecule has 3 heterocycles. The first-order valence-corrected chi connectivity index (χ1v) is 11.2. The summed E-state index contributed by atoms with van der Waals surface area (Å²) in [7, 11) is 0. The Morgan fingerprint density at radius 2 is 1.96 bits per heavy atom. The molecule has 0 aliphatic carbocycles. The fourth-order valence-corrected chi connectivity index (χ4v) is 5.52. The van der Waals surface area contributed by atoms with Crippen LogP contribution in [0.25, 0.3) is 10.2 Å². The van der Waals surface area contributed by atoms with Crippen molar-refractivity contribution in [3.8, 4) is 0 Å². The molecule has 0 radical (unpaired) electrons. The zero-order valence-corrected chi connectivity index (χ0v) is 17.9. The third-order valence-corrected chi connectivity index (χ3v) is 7.29. The van der Waals surface area contributed by atoms with E-state index < -0.39 is 0 Å². The van der Waals surface area contributed by atoms with Crippen molar-refractivity contribution < 1.29 is 4.79 Å². The minimum Gasteiger partial charge on any atom is -0.342 e. The Bertz CT molecular complexity index is 908. The Morgan fingerprint density at radius 1 is 1.30 bits per heavy atom. The minimum atomic E-state index is -0.273. The van der Waals surface area contributed by atoms with E-state index in [0.717, 1.165) is 41.2 Å². The number of carbonyl (C=O) groups excluding carboxylic acids is 1. The third-order valence-electron chi connectivity index (χ3n) is 5.11. The van der Waals surface area contributed by atoms with Gasteiger partial charge in [0.1, 0.15) is 4.83 Å². The van der Waals surface area contributed by atoms with Gasteiger partial charge in [-0.1, -0.05) is 30.7 Å². The normalized spacial score (nSPS) is 16.3. The molecule has 0 unspecified atom stereocenters. The molecule has 1 amide bonds. The van der Waals surface area contributed by atoms with Crippen LogP contribution in [-0.4, -0.2) is 38.7 Å². The van der Waals surface area contributed by atoms with Crippen molar-refractivity contribution in [2.24, 2.45) is 0 Å². The molecule has 3 rings (SSSR count). The molecule has 27 heavy (non-hydrogen) atoms. The molecule has 5 nitrogen and oxygen atoms in total. The lowest BCUT2D eigenvalue weighted by molar-refractivity contribution is -0.130. The average Bonchev–Trinajstić information content (AvgIpc) is 2.83. The number of thiophene rings is 1. The molecule has 1 aliphatic rings. The highest BCUT2D eigenvalue weighted by Crippen LogP contribution is 2.30. The molecule has 0 spiro atoms. The topological polar surface area (TPSA) is 55.2 Å². The summed E-state index contributed by atoms with van der Waals surface area (Å²) in [5, 5.41) is 1.02. The molecule has 7 heteroatoms. The monoisotopic (exact) mass is 405 g/mol. The van der Waals surface area contributed by atoms with Crippen molar-refractivity contribution in [1.82, 2.24) is 14.5 Å². The first-order chi connectivity index (χ1) is 12.9. The number of amides is 1. The lowest BCUT2D eigenvalue weighted by Gasteiger charge is -2.24. The van der Waals surface area contributed by atoms with Gasteiger partial charge in [0.25, 0.3) is 5.56 Å². The SMILES string of the molecule is C=CCn1c(S[C@@H](C)C(=O)N2CCCCCC2)nc2sc(C)c(C)c2c1=O. The number of nitrogens with zero attached hydrogens (tertiary/aromatic N) is 3. The van der Waals surface area contributed by atoms with Gasteiger partial charge in [-0.25, -0.2) is 4.98 Å². The molecule has 0 saturated carbocycles. The quantitative estimate of drug-likeness (QED) is 0.426. The summed E-state index contributed by atoms with van der Waals surface area (Å²) in [5.74, 6) is 0.139. The molecule has 0 aromatic carbocycles. The number of hydrogen-bond donors (Lipinski definition) is 0. The average molecular weight is 406 g/mol. The number of aryl methyl sites for hydroxylation is 2. The predicted octanol–water partition coefficient (Wildman–Crippen LogP) is 4.14. The maximum Gasteiger partial charge on any atom is 0.263 e. The van der Waals surface area contributed by atoms with Crippen LogP contribution in [0.15, 0.2) is 22.6 Å². The highest BCUT2D eigenvalue weighted by Gasteiger charge is 2.25. The standard InChI is InChI=1S/C20H27N3O2S2/c1-5-10-23-19(25)16-13(2)14(3)26-17(16)21-20(23)27-15(4)18(24)22-11-8-6-7-9-12-22/h5,15H,1,6-12H2,2-4H3/t15-/m0/s1. The second kappa shape index (κ2) is 8.61. The number of thioether (sulfide) groups is 1. The van der Waals surface area contributed by atoms with Gasteiger partial charge in [-0.2, -0.15) is 0 Å². The number of likely N-dealkylation sites (tertiary alicyclic amines) is 1. The molecular formula is C20H27N3O2S2. The van der Waals surface area contributed by atoms with E-state index in [0.29, 0.717) is 17.1 Å². The van der Waals surface area contributed by atoms with Crippen LogP contribution in [0.4, 0.5) is 0 Å². The second-order valence-electron chi connectivity index (χ2n) is 7.06. The van der Waals surface area contributed by atoms with E-state index in [-0.39, 0.29) is 16.7 Å². The van der Waals surface area contributed by atoms with Crippen LogP contribution in [-0.2, 0) is 11.3 Å². The molecule has 1 atom stereocenters. The molecule has 2 aromatic rings. The molecule has 146 valence electrons. The molecule has 0 bridgehead atoms. The predicted molar refractivity (Wildman–Crippen MR) is 114 cm³/mol. The summed E-state index contributed by atoms with van der Waals surface area (Å²) in [6.45, 7) is 11.7. The van der Waals surface area contributed by atoms with Crippen molar-refractivity contribution in [2.45, 2.75) is 63.4 Å². The van der Waals surface area contributed by atoms with E-state index in [4.69, 9.17) is 4.98 Å². The van der Waals surface area contributed by atoms with Gasteiger partial charge in [0.05, 0.1) is 10.6 Å². The minimum absolute atomic E-state index is 0.0429. The number of allylic oxidation sites excluding steroid dienone is 1. The van der Waals surface area contributed by atoms with E-state index >= 15 is 0 Å². The molecule has 0 N–H and O–H groups in total. The largest absolute Gasteiger partial charge is 0.342 e. The van der Waals surface area contributed by atoms with Gasteiger partial charge in [-0.3, -0.25) is 14.2 Å². The highest BCUT2D eigenvalue weighted by molar-refractivity contribution is 8.00. The molecule has 1 fully saturated rings. The number of carbonyl (C=O) groups is 1. The number of rotatable bonds is 5. The maximum atomic E-state index is 13.0. The number of fused-ring (bicyclic) bond motifs is 1. The van der Waals surface area contributed by atoms with Crippen molar-refractivity contribution in [2.75, 3.05) is 13.1 Å².